The quantitative estimate of drug-likeness (QED) is 0.325. The van der Waals surface area contributed by atoms with Crippen LogP contribution in [-0.2, 0) is 4.74 Å². The number of nitrogens with zero attached hydrogens (tertiary/aromatic N) is 2. The lowest BCUT2D eigenvalue weighted by atomic mass is 10.0. The van der Waals surface area contributed by atoms with Crippen molar-refractivity contribution in [3.8, 4) is 0 Å². The number of ketones is 1. The Morgan fingerprint density at radius 2 is 1.44 bits per heavy atom. The second-order valence-electron chi connectivity index (χ2n) is 8.56. The highest BCUT2D eigenvalue weighted by Gasteiger charge is 2.14. The zero-order valence-electron chi connectivity index (χ0n) is 20.0. The molecule has 1 saturated heterocycles. The van der Waals surface area contributed by atoms with Gasteiger partial charge in [0.15, 0.2) is 5.78 Å². The van der Waals surface area contributed by atoms with Crippen LogP contribution in [0.2, 0.25) is 0 Å². The van der Waals surface area contributed by atoms with Gasteiger partial charge in [0.25, 0.3) is 5.91 Å². The Bertz CT molecular complexity index is 1310. The van der Waals surface area contributed by atoms with Gasteiger partial charge < -0.3 is 19.9 Å². The number of anilines is 4. The SMILES string of the molecule is CN(c1ccc(C(=O)c2ccc(NC(=O)c3ccc(N4CCOCC4)cc3)cc2)cc1)c1cccs1. The van der Waals surface area contributed by atoms with Crippen LogP contribution in [-0.4, -0.2) is 45.0 Å². The third-order valence-electron chi connectivity index (χ3n) is 6.26. The largest absolute Gasteiger partial charge is 0.378 e. The second-order valence-corrected chi connectivity index (χ2v) is 9.49. The highest BCUT2D eigenvalue weighted by molar-refractivity contribution is 7.14. The van der Waals surface area contributed by atoms with Gasteiger partial charge in [-0.15, -0.1) is 11.3 Å². The van der Waals surface area contributed by atoms with Crippen LogP contribution in [0.5, 0.6) is 0 Å². The number of ether oxygens (including phenoxy) is 1. The number of amides is 1. The highest BCUT2D eigenvalue weighted by Crippen LogP contribution is 2.28. The van der Waals surface area contributed by atoms with Crippen LogP contribution >= 0.6 is 11.3 Å². The zero-order chi connectivity index (χ0) is 24.9. The molecule has 1 aliphatic rings. The van der Waals surface area contributed by atoms with Crippen LogP contribution in [0.15, 0.2) is 90.3 Å². The van der Waals surface area contributed by atoms with Gasteiger partial charge in [-0.3, -0.25) is 9.59 Å². The minimum Gasteiger partial charge on any atom is -0.378 e. The van der Waals surface area contributed by atoms with E-state index in [0.29, 0.717) is 22.4 Å². The number of morpholine rings is 1. The monoisotopic (exact) mass is 497 g/mol. The third kappa shape index (κ3) is 5.32. The molecule has 182 valence electrons. The van der Waals surface area contributed by atoms with Crippen molar-refractivity contribution in [3.05, 3.63) is 107 Å². The van der Waals surface area contributed by atoms with Crippen LogP contribution < -0.4 is 15.1 Å². The number of benzene rings is 3. The maximum atomic E-state index is 13.0. The number of carbonyl (C=O) groups is 2. The molecule has 0 saturated carbocycles. The van der Waals surface area contributed by atoms with E-state index in [1.807, 2.05) is 67.0 Å². The molecule has 4 aromatic rings. The van der Waals surface area contributed by atoms with Gasteiger partial charge in [-0.2, -0.15) is 0 Å². The minimum atomic E-state index is -0.187. The van der Waals surface area contributed by atoms with E-state index in [4.69, 9.17) is 4.74 Å². The Morgan fingerprint density at radius 1 is 0.833 bits per heavy atom. The lowest BCUT2D eigenvalue weighted by Crippen LogP contribution is -2.36. The van der Waals surface area contributed by atoms with Crippen molar-refractivity contribution in [1.82, 2.24) is 0 Å². The lowest BCUT2D eigenvalue weighted by molar-refractivity contribution is 0.102. The molecule has 0 bridgehead atoms. The molecular weight excluding hydrogens is 470 g/mol. The maximum absolute atomic E-state index is 13.0. The van der Waals surface area contributed by atoms with E-state index in [2.05, 4.69) is 21.2 Å². The Labute approximate surface area is 214 Å². The first-order valence-electron chi connectivity index (χ1n) is 11.8. The number of rotatable bonds is 7. The molecule has 6 nitrogen and oxygen atoms in total. The van der Waals surface area contributed by atoms with Crippen molar-refractivity contribution >= 4 is 45.1 Å². The first-order valence-corrected chi connectivity index (χ1v) is 12.7. The molecule has 0 spiro atoms. The average molecular weight is 498 g/mol. The zero-order valence-corrected chi connectivity index (χ0v) is 20.8. The van der Waals surface area contributed by atoms with E-state index in [0.717, 1.165) is 42.7 Å². The summed E-state index contributed by atoms with van der Waals surface area (Å²) in [6.07, 6.45) is 0. The Balaban J connectivity index is 1.20. The van der Waals surface area contributed by atoms with Crippen molar-refractivity contribution < 1.29 is 14.3 Å². The molecule has 3 aromatic carbocycles. The van der Waals surface area contributed by atoms with Gasteiger partial charge in [-0.05, 0) is 90.3 Å². The number of carbonyl (C=O) groups excluding carboxylic acids is 2. The molecule has 7 heteroatoms. The summed E-state index contributed by atoms with van der Waals surface area (Å²) in [6.45, 7) is 3.15. The van der Waals surface area contributed by atoms with Crippen LogP contribution in [0.1, 0.15) is 26.3 Å². The topological polar surface area (TPSA) is 61.9 Å². The average Bonchev–Trinajstić information content (AvgIpc) is 3.49. The van der Waals surface area contributed by atoms with Crippen molar-refractivity contribution in [2.75, 3.05) is 48.5 Å². The number of hydrogen-bond donors (Lipinski definition) is 1. The van der Waals surface area contributed by atoms with Crippen molar-refractivity contribution in [3.63, 3.8) is 0 Å². The summed E-state index contributed by atoms with van der Waals surface area (Å²) in [5, 5.41) is 6.09. The van der Waals surface area contributed by atoms with Gasteiger partial charge in [0.2, 0.25) is 0 Å². The Kier molecular flexibility index (Phi) is 7.11. The lowest BCUT2D eigenvalue weighted by Gasteiger charge is -2.28. The van der Waals surface area contributed by atoms with Gasteiger partial charge in [0.1, 0.15) is 0 Å². The molecule has 1 aliphatic heterocycles. The van der Waals surface area contributed by atoms with Crippen LogP contribution in [0.4, 0.5) is 22.1 Å². The van der Waals surface area contributed by atoms with Crippen molar-refractivity contribution in [2.45, 2.75) is 0 Å². The normalized spacial score (nSPS) is 13.3. The summed E-state index contributed by atoms with van der Waals surface area (Å²) in [5.74, 6) is -0.245. The van der Waals surface area contributed by atoms with Gasteiger partial charge in [-0.1, -0.05) is 0 Å². The molecule has 0 unspecified atom stereocenters. The van der Waals surface area contributed by atoms with E-state index in [-0.39, 0.29) is 11.7 Å². The number of thiophene rings is 1. The molecule has 0 aliphatic carbocycles. The summed E-state index contributed by atoms with van der Waals surface area (Å²) in [7, 11) is 2.01. The van der Waals surface area contributed by atoms with E-state index in [9.17, 15) is 9.59 Å². The van der Waals surface area contributed by atoms with Crippen LogP contribution in [0.3, 0.4) is 0 Å². The summed E-state index contributed by atoms with van der Waals surface area (Å²) in [4.78, 5) is 30.0. The maximum Gasteiger partial charge on any atom is 0.255 e. The van der Waals surface area contributed by atoms with E-state index in [1.165, 1.54) is 0 Å². The van der Waals surface area contributed by atoms with Crippen LogP contribution in [0, 0.1) is 0 Å². The Hall–Kier alpha value is -3.94. The predicted octanol–water partition coefficient (Wildman–Crippen LogP) is 5.84. The first kappa shape index (κ1) is 23.8. The van der Waals surface area contributed by atoms with E-state index in [1.54, 1.807) is 35.6 Å². The molecule has 5 rings (SSSR count). The smallest absolute Gasteiger partial charge is 0.255 e. The molecule has 0 atom stereocenters. The molecule has 36 heavy (non-hydrogen) atoms. The molecule has 1 N–H and O–H groups in total. The molecule has 1 amide bonds. The molecule has 2 heterocycles. The predicted molar refractivity (Wildman–Crippen MR) is 146 cm³/mol. The summed E-state index contributed by atoms with van der Waals surface area (Å²) in [6, 6.07) is 26.3. The van der Waals surface area contributed by atoms with Gasteiger partial charge in [-0.25, -0.2) is 0 Å². The standard InChI is InChI=1S/C29H27N3O3S/c1-31(27-3-2-20-36-27)25-12-6-22(7-13-25)28(33)21-4-10-24(11-5-21)30-29(34)23-8-14-26(15-9-23)32-16-18-35-19-17-32/h2-15,20H,16-19H2,1H3,(H,30,34). The fourth-order valence-corrected chi connectivity index (χ4v) is 4.86. The minimum absolute atomic E-state index is 0.0584. The Morgan fingerprint density at radius 3 is 2.06 bits per heavy atom. The van der Waals surface area contributed by atoms with E-state index < -0.39 is 0 Å². The molecular formula is C29H27N3O3S. The fourth-order valence-electron chi connectivity index (χ4n) is 4.14. The molecule has 1 fully saturated rings. The van der Waals surface area contributed by atoms with Gasteiger partial charge in [0.05, 0.1) is 18.2 Å². The van der Waals surface area contributed by atoms with Crippen LogP contribution in [0.25, 0.3) is 0 Å². The van der Waals surface area contributed by atoms with Gasteiger partial charge in [0, 0.05) is 53.9 Å². The number of hydrogen-bond acceptors (Lipinski definition) is 6. The highest BCUT2D eigenvalue weighted by atomic mass is 32.1. The third-order valence-corrected chi connectivity index (χ3v) is 7.21. The second kappa shape index (κ2) is 10.8. The van der Waals surface area contributed by atoms with Gasteiger partial charge >= 0.3 is 0 Å². The summed E-state index contributed by atoms with van der Waals surface area (Å²) in [5.41, 5.74) is 4.52. The molecule has 0 radical (unpaired) electrons. The van der Waals surface area contributed by atoms with E-state index >= 15 is 0 Å². The molecule has 1 aromatic heterocycles. The van der Waals surface area contributed by atoms with Crippen molar-refractivity contribution in [1.29, 1.82) is 0 Å². The fraction of sp³-hybridized carbons (Fsp3) is 0.172. The summed E-state index contributed by atoms with van der Waals surface area (Å²) >= 11 is 1.67. The van der Waals surface area contributed by atoms with Crippen molar-refractivity contribution in [2.24, 2.45) is 0 Å². The first-order chi connectivity index (χ1) is 17.6. The number of nitrogens with one attached hydrogen (secondary N) is 1. The summed E-state index contributed by atoms with van der Waals surface area (Å²) < 4.78 is 5.40.